The van der Waals surface area contributed by atoms with Gasteiger partial charge in [0, 0.05) is 24.1 Å². The van der Waals surface area contributed by atoms with E-state index < -0.39 is 0 Å². The normalized spacial score (nSPS) is 19.1. The first kappa shape index (κ1) is 21.8. The number of rotatable bonds is 7. The van der Waals surface area contributed by atoms with Crippen molar-refractivity contribution in [3.63, 3.8) is 0 Å². The number of nitrogens with zero attached hydrogens (tertiary/aromatic N) is 1. The Morgan fingerprint density at radius 1 is 0.900 bits per heavy atom. The van der Waals surface area contributed by atoms with Gasteiger partial charge in [-0.3, -0.25) is 4.79 Å². The molecule has 0 radical (unpaired) electrons. The van der Waals surface area contributed by atoms with Gasteiger partial charge in [0.1, 0.15) is 0 Å². The number of carbonyl (C=O) groups excluding carboxylic acids is 1. The summed E-state index contributed by atoms with van der Waals surface area (Å²) in [5.41, 5.74) is 1.65. The fourth-order valence-electron chi connectivity index (χ4n) is 3.94. The van der Waals surface area contributed by atoms with Crippen molar-refractivity contribution in [2.75, 3.05) is 48.6 Å². The number of likely N-dealkylation sites (tertiary alicyclic amines) is 1. The van der Waals surface area contributed by atoms with Gasteiger partial charge in [0.15, 0.2) is 23.0 Å². The second-order valence-electron chi connectivity index (χ2n) is 7.42. The van der Waals surface area contributed by atoms with Gasteiger partial charge in [-0.25, -0.2) is 0 Å². The summed E-state index contributed by atoms with van der Waals surface area (Å²) in [4.78, 5) is 15.3. The van der Waals surface area contributed by atoms with Crippen LogP contribution in [0, 0.1) is 0 Å². The Balaban J connectivity index is 1.84. The quantitative estimate of drug-likeness (QED) is 0.751. The van der Waals surface area contributed by atoms with E-state index in [0.29, 0.717) is 28.6 Å². The van der Waals surface area contributed by atoms with Gasteiger partial charge in [-0.15, -0.1) is 0 Å². The molecule has 2 aromatic carbocycles. The summed E-state index contributed by atoms with van der Waals surface area (Å²) in [5, 5.41) is 3.23. The molecule has 0 aliphatic carbocycles. The highest BCUT2D eigenvalue weighted by Gasteiger charge is 2.31. The molecule has 7 heteroatoms. The van der Waals surface area contributed by atoms with E-state index in [1.165, 1.54) is 0 Å². The number of likely N-dealkylation sites (N-methyl/N-ethyl adjacent to an activating group) is 1. The standard InChI is InChI=1S/C23H30N2O5/c1-25-11-10-18(17(14-25)15-6-8-19(27-2)21(12-15)29-4)24-23(26)16-7-9-20(28-3)22(13-16)30-5/h6-9,12-13,17-18H,10-11,14H2,1-5H3,(H,24,26)/t17-,18-/m0/s1. The van der Waals surface area contributed by atoms with Crippen LogP contribution in [0.3, 0.4) is 0 Å². The fraction of sp³-hybridized carbons (Fsp3) is 0.435. The zero-order chi connectivity index (χ0) is 21.7. The summed E-state index contributed by atoms with van der Waals surface area (Å²) < 4.78 is 21.4. The third kappa shape index (κ3) is 4.62. The summed E-state index contributed by atoms with van der Waals surface area (Å²) in [5.74, 6) is 2.51. The largest absolute Gasteiger partial charge is 0.493 e. The molecule has 0 aromatic heterocycles. The lowest BCUT2D eigenvalue weighted by molar-refractivity contribution is 0.0904. The van der Waals surface area contributed by atoms with E-state index in [9.17, 15) is 4.79 Å². The molecule has 0 spiro atoms. The molecule has 3 rings (SSSR count). The molecule has 1 saturated heterocycles. The summed E-state index contributed by atoms with van der Waals surface area (Å²) in [6.45, 7) is 1.76. The van der Waals surface area contributed by atoms with Gasteiger partial charge in [0.05, 0.1) is 28.4 Å². The van der Waals surface area contributed by atoms with Crippen molar-refractivity contribution >= 4 is 5.91 Å². The minimum absolute atomic E-state index is 0.0000948. The van der Waals surface area contributed by atoms with E-state index in [4.69, 9.17) is 18.9 Å². The molecule has 0 unspecified atom stereocenters. The van der Waals surface area contributed by atoms with Gasteiger partial charge >= 0.3 is 0 Å². The van der Waals surface area contributed by atoms with Crippen LogP contribution >= 0.6 is 0 Å². The van der Waals surface area contributed by atoms with E-state index in [0.717, 1.165) is 25.1 Å². The Hall–Kier alpha value is -2.93. The van der Waals surface area contributed by atoms with Crippen molar-refractivity contribution in [3.05, 3.63) is 47.5 Å². The molecule has 2 atom stereocenters. The second kappa shape index (κ2) is 9.71. The summed E-state index contributed by atoms with van der Waals surface area (Å²) in [7, 11) is 8.48. The number of hydrogen-bond donors (Lipinski definition) is 1. The fourth-order valence-corrected chi connectivity index (χ4v) is 3.94. The third-order valence-corrected chi connectivity index (χ3v) is 5.61. The zero-order valence-electron chi connectivity index (χ0n) is 18.2. The van der Waals surface area contributed by atoms with Crippen LogP contribution < -0.4 is 24.3 Å². The van der Waals surface area contributed by atoms with Crippen LogP contribution in [-0.2, 0) is 0 Å². The molecule has 1 aliphatic heterocycles. The Morgan fingerprint density at radius 2 is 1.50 bits per heavy atom. The molecule has 1 fully saturated rings. The molecule has 0 bridgehead atoms. The highest BCUT2D eigenvalue weighted by molar-refractivity contribution is 5.95. The maximum atomic E-state index is 13.0. The number of carbonyl (C=O) groups is 1. The zero-order valence-corrected chi connectivity index (χ0v) is 18.2. The minimum atomic E-state index is -0.129. The third-order valence-electron chi connectivity index (χ3n) is 5.61. The highest BCUT2D eigenvalue weighted by atomic mass is 16.5. The first-order valence-electron chi connectivity index (χ1n) is 9.94. The number of hydrogen-bond acceptors (Lipinski definition) is 6. The molecule has 7 nitrogen and oxygen atoms in total. The summed E-state index contributed by atoms with van der Waals surface area (Å²) >= 11 is 0. The van der Waals surface area contributed by atoms with Gasteiger partial charge in [0.2, 0.25) is 0 Å². The van der Waals surface area contributed by atoms with Crippen LogP contribution in [0.1, 0.15) is 28.3 Å². The van der Waals surface area contributed by atoms with E-state index in [1.807, 2.05) is 18.2 Å². The van der Waals surface area contributed by atoms with Crippen LogP contribution in [0.25, 0.3) is 0 Å². The molecule has 1 aliphatic rings. The molecule has 162 valence electrons. The first-order chi connectivity index (χ1) is 14.5. The Labute approximate surface area is 177 Å². The average Bonchev–Trinajstić information content (AvgIpc) is 2.79. The van der Waals surface area contributed by atoms with Crippen LogP contribution in [-0.4, -0.2) is 65.4 Å². The van der Waals surface area contributed by atoms with Crippen molar-refractivity contribution in [3.8, 4) is 23.0 Å². The number of piperidine rings is 1. The van der Waals surface area contributed by atoms with Crippen LogP contribution in [0.15, 0.2) is 36.4 Å². The first-order valence-corrected chi connectivity index (χ1v) is 9.94. The van der Waals surface area contributed by atoms with Crippen LogP contribution in [0.4, 0.5) is 0 Å². The van der Waals surface area contributed by atoms with Crippen LogP contribution in [0.2, 0.25) is 0 Å². The SMILES string of the molecule is COc1ccc(C(=O)N[C@H]2CCN(C)C[C@H]2c2ccc(OC)c(OC)c2)cc1OC. The smallest absolute Gasteiger partial charge is 0.251 e. The van der Waals surface area contributed by atoms with Gasteiger partial charge in [-0.2, -0.15) is 0 Å². The predicted molar refractivity (Wildman–Crippen MR) is 115 cm³/mol. The highest BCUT2D eigenvalue weighted by Crippen LogP contribution is 2.34. The van der Waals surface area contributed by atoms with Crippen molar-refractivity contribution in [2.45, 2.75) is 18.4 Å². The Bertz CT molecular complexity index is 886. The monoisotopic (exact) mass is 414 g/mol. The topological polar surface area (TPSA) is 69.3 Å². The molecular formula is C23H30N2O5. The van der Waals surface area contributed by atoms with Crippen molar-refractivity contribution in [1.29, 1.82) is 0 Å². The molecule has 30 heavy (non-hydrogen) atoms. The van der Waals surface area contributed by atoms with Gasteiger partial charge in [-0.1, -0.05) is 6.07 Å². The molecule has 2 aromatic rings. The predicted octanol–water partition coefficient (Wildman–Crippen LogP) is 2.94. The summed E-state index contributed by atoms with van der Waals surface area (Å²) in [6.07, 6.45) is 0.856. The average molecular weight is 415 g/mol. The molecular weight excluding hydrogens is 384 g/mol. The Morgan fingerprint density at radius 3 is 2.13 bits per heavy atom. The van der Waals surface area contributed by atoms with Crippen LogP contribution in [0.5, 0.6) is 23.0 Å². The number of benzene rings is 2. The number of amides is 1. The molecule has 1 N–H and O–H groups in total. The van der Waals surface area contributed by atoms with Crippen molar-refractivity contribution in [1.82, 2.24) is 10.2 Å². The van der Waals surface area contributed by atoms with Crippen molar-refractivity contribution in [2.24, 2.45) is 0 Å². The van der Waals surface area contributed by atoms with Gasteiger partial charge < -0.3 is 29.2 Å². The maximum Gasteiger partial charge on any atom is 0.251 e. The van der Waals surface area contributed by atoms with E-state index in [2.05, 4.69) is 17.3 Å². The van der Waals surface area contributed by atoms with E-state index >= 15 is 0 Å². The van der Waals surface area contributed by atoms with Gasteiger partial charge in [0.25, 0.3) is 5.91 Å². The molecule has 1 amide bonds. The molecule has 1 heterocycles. The van der Waals surface area contributed by atoms with E-state index in [1.54, 1.807) is 46.6 Å². The van der Waals surface area contributed by atoms with Crippen molar-refractivity contribution < 1.29 is 23.7 Å². The minimum Gasteiger partial charge on any atom is -0.493 e. The summed E-state index contributed by atoms with van der Waals surface area (Å²) in [6, 6.07) is 11.1. The Kier molecular flexibility index (Phi) is 7.05. The maximum absolute atomic E-state index is 13.0. The van der Waals surface area contributed by atoms with E-state index in [-0.39, 0.29) is 17.9 Å². The lowest BCUT2D eigenvalue weighted by Crippen LogP contribution is -2.48. The number of methoxy groups -OCH3 is 4. The number of ether oxygens (including phenoxy) is 4. The van der Waals surface area contributed by atoms with Gasteiger partial charge in [-0.05, 0) is 55.9 Å². The molecule has 0 saturated carbocycles. The lowest BCUT2D eigenvalue weighted by Gasteiger charge is -2.37. The lowest BCUT2D eigenvalue weighted by atomic mass is 9.85. The number of nitrogens with one attached hydrogen (secondary N) is 1. The second-order valence-corrected chi connectivity index (χ2v) is 7.42.